The molecule has 1 aromatic carbocycles. The third kappa shape index (κ3) is 5.64. The average molecular weight is 496 g/mol. The van der Waals surface area contributed by atoms with Crippen molar-refractivity contribution in [1.29, 1.82) is 0 Å². The van der Waals surface area contributed by atoms with Gasteiger partial charge in [-0.15, -0.1) is 11.3 Å². The first kappa shape index (κ1) is 24.6. The highest BCUT2D eigenvalue weighted by atomic mass is 35.5. The van der Waals surface area contributed by atoms with Crippen LogP contribution in [0, 0.1) is 13.8 Å². The first-order valence-corrected chi connectivity index (χ1v) is 12.4. The summed E-state index contributed by atoms with van der Waals surface area (Å²) >= 11 is 8.87. The lowest BCUT2D eigenvalue weighted by atomic mass is 10.2. The number of carbonyl (C=O) groups is 1. The van der Waals surface area contributed by atoms with E-state index >= 15 is 0 Å². The molecule has 7 nitrogen and oxygen atoms in total. The van der Waals surface area contributed by atoms with Gasteiger partial charge in [0.05, 0.1) is 23.3 Å². The molecule has 10 heteroatoms. The number of aryl methyl sites for hydroxylation is 2. The number of rotatable bonds is 10. The quantitative estimate of drug-likeness (QED) is 0.245. The van der Waals surface area contributed by atoms with Gasteiger partial charge in [-0.1, -0.05) is 23.4 Å². The van der Waals surface area contributed by atoms with Crippen molar-refractivity contribution in [3.05, 3.63) is 44.0 Å². The van der Waals surface area contributed by atoms with Crippen LogP contribution in [0.2, 0.25) is 5.02 Å². The zero-order chi connectivity index (χ0) is 23.3. The van der Waals surface area contributed by atoms with Crippen molar-refractivity contribution in [2.75, 3.05) is 31.4 Å². The number of amides is 1. The largest absolute Gasteiger partial charge is 0.495 e. The van der Waals surface area contributed by atoms with Crippen LogP contribution >= 0.6 is 34.7 Å². The van der Waals surface area contributed by atoms with Gasteiger partial charge in [-0.3, -0.25) is 14.2 Å². The number of thioether (sulfide) groups is 1. The number of benzene rings is 1. The maximum Gasteiger partial charge on any atom is 0.263 e. The molecule has 32 heavy (non-hydrogen) atoms. The van der Waals surface area contributed by atoms with Crippen molar-refractivity contribution in [3.63, 3.8) is 0 Å². The van der Waals surface area contributed by atoms with Crippen LogP contribution in [0.1, 0.15) is 23.8 Å². The molecular formula is C22H26ClN3O4S2. The van der Waals surface area contributed by atoms with Crippen molar-refractivity contribution in [1.82, 2.24) is 9.55 Å². The predicted molar refractivity (Wildman–Crippen MR) is 132 cm³/mol. The molecule has 1 N–H and O–H groups in total. The third-order valence-corrected chi connectivity index (χ3v) is 7.27. The highest BCUT2D eigenvalue weighted by Crippen LogP contribution is 2.29. The van der Waals surface area contributed by atoms with E-state index in [2.05, 4.69) is 5.32 Å². The Labute approximate surface area is 200 Å². The van der Waals surface area contributed by atoms with Gasteiger partial charge in [0.1, 0.15) is 10.6 Å². The number of fused-ring (bicyclic) bond motifs is 1. The summed E-state index contributed by atoms with van der Waals surface area (Å²) in [6.07, 6.45) is 0.688. The van der Waals surface area contributed by atoms with E-state index in [0.29, 0.717) is 58.0 Å². The number of methoxy groups -OCH3 is 1. The molecule has 0 bridgehead atoms. The lowest BCUT2D eigenvalue weighted by Crippen LogP contribution is -2.25. The summed E-state index contributed by atoms with van der Waals surface area (Å²) in [5.41, 5.74) is 1.47. The predicted octanol–water partition coefficient (Wildman–Crippen LogP) is 4.89. The zero-order valence-corrected chi connectivity index (χ0v) is 20.9. The lowest BCUT2D eigenvalue weighted by Gasteiger charge is -2.12. The van der Waals surface area contributed by atoms with Gasteiger partial charge < -0.3 is 14.8 Å². The van der Waals surface area contributed by atoms with Gasteiger partial charge in [0.15, 0.2) is 5.16 Å². The van der Waals surface area contributed by atoms with Gasteiger partial charge in [0, 0.05) is 30.3 Å². The lowest BCUT2D eigenvalue weighted by molar-refractivity contribution is -0.113. The number of thiophene rings is 1. The summed E-state index contributed by atoms with van der Waals surface area (Å²) in [5, 5.41) is 4.42. The molecule has 2 aromatic heterocycles. The minimum atomic E-state index is -0.218. The summed E-state index contributed by atoms with van der Waals surface area (Å²) < 4.78 is 12.2. The van der Waals surface area contributed by atoms with E-state index in [1.54, 1.807) is 22.8 Å². The van der Waals surface area contributed by atoms with Crippen LogP contribution in [0.3, 0.4) is 0 Å². The van der Waals surface area contributed by atoms with Crippen molar-refractivity contribution < 1.29 is 14.3 Å². The molecule has 0 aliphatic heterocycles. The molecule has 0 saturated heterocycles. The van der Waals surface area contributed by atoms with Gasteiger partial charge in [-0.25, -0.2) is 4.98 Å². The maximum absolute atomic E-state index is 13.2. The highest BCUT2D eigenvalue weighted by molar-refractivity contribution is 7.99. The second kappa shape index (κ2) is 11.2. The van der Waals surface area contributed by atoms with Gasteiger partial charge in [-0.2, -0.15) is 0 Å². The number of ether oxygens (including phenoxy) is 2. The summed E-state index contributed by atoms with van der Waals surface area (Å²) in [6.45, 7) is 7.54. The fourth-order valence-electron chi connectivity index (χ4n) is 3.16. The number of nitrogens with one attached hydrogen (secondary N) is 1. The number of aromatic nitrogens is 2. The Hall–Kier alpha value is -2.07. The number of halogens is 1. The van der Waals surface area contributed by atoms with E-state index in [-0.39, 0.29) is 17.2 Å². The average Bonchev–Trinajstić information content (AvgIpc) is 3.05. The number of nitrogens with zero attached hydrogens (tertiary/aromatic N) is 2. The Balaban J connectivity index is 1.79. The van der Waals surface area contributed by atoms with Crippen LogP contribution in [-0.4, -0.2) is 41.5 Å². The van der Waals surface area contributed by atoms with Gasteiger partial charge in [0.2, 0.25) is 5.91 Å². The van der Waals surface area contributed by atoms with Crippen molar-refractivity contribution >= 4 is 56.5 Å². The summed E-state index contributed by atoms with van der Waals surface area (Å²) in [4.78, 5) is 32.3. The summed E-state index contributed by atoms with van der Waals surface area (Å²) in [7, 11) is 1.53. The van der Waals surface area contributed by atoms with E-state index in [0.717, 1.165) is 10.4 Å². The van der Waals surface area contributed by atoms with E-state index < -0.39 is 0 Å². The molecule has 0 saturated carbocycles. The number of hydrogen-bond donors (Lipinski definition) is 1. The number of anilines is 1. The summed E-state index contributed by atoms with van der Waals surface area (Å²) in [6, 6.07) is 5.05. The number of carbonyl (C=O) groups excluding carboxylic acids is 1. The standard InChI is InChI=1S/C22H26ClN3O4S2/c1-5-30-10-6-9-26-21(28)19-13(2)14(3)32-20(19)25-22(26)31-12-18(27)24-15-7-8-17(29-4)16(23)11-15/h7-8,11H,5-6,9-10,12H2,1-4H3,(H,24,27). The van der Waals surface area contributed by atoms with E-state index in [1.165, 1.54) is 30.2 Å². The molecular weight excluding hydrogens is 470 g/mol. The molecule has 0 unspecified atom stereocenters. The normalized spacial score (nSPS) is 11.2. The molecule has 0 radical (unpaired) electrons. The molecule has 1 amide bonds. The van der Waals surface area contributed by atoms with E-state index in [1.807, 2.05) is 20.8 Å². The first-order valence-electron chi connectivity index (χ1n) is 10.2. The van der Waals surface area contributed by atoms with Gasteiger partial charge >= 0.3 is 0 Å². The minimum absolute atomic E-state index is 0.0711. The molecule has 0 spiro atoms. The van der Waals surface area contributed by atoms with Crippen LogP contribution in [-0.2, 0) is 16.1 Å². The smallest absolute Gasteiger partial charge is 0.263 e. The molecule has 2 heterocycles. The van der Waals surface area contributed by atoms with Crippen molar-refractivity contribution in [3.8, 4) is 5.75 Å². The minimum Gasteiger partial charge on any atom is -0.495 e. The Kier molecular flexibility index (Phi) is 8.58. The highest BCUT2D eigenvalue weighted by Gasteiger charge is 2.18. The fraction of sp³-hybridized carbons (Fsp3) is 0.409. The Morgan fingerprint density at radius 2 is 2.12 bits per heavy atom. The second-order valence-electron chi connectivity index (χ2n) is 7.05. The zero-order valence-electron chi connectivity index (χ0n) is 18.5. The van der Waals surface area contributed by atoms with Crippen LogP contribution < -0.4 is 15.6 Å². The van der Waals surface area contributed by atoms with Crippen LogP contribution in [0.15, 0.2) is 28.2 Å². The fourth-order valence-corrected chi connectivity index (χ4v) is 5.31. The molecule has 3 rings (SSSR count). The molecule has 0 fully saturated rings. The van der Waals surface area contributed by atoms with Crippen molar-refractivity contribution in [2.45, 2.75) is 38.9 Å². The topological polar surface area (TPSA) is 82.4 Å². The molecule has 172 valence electrons. The number of hydrogen-bond acceptors (Lipinski definition) is 7. The Bertz CT molecular complexity index is 1180. The van der Waals surface area contributed by atoms with E-state index in [4.69, 9.17) is 26.1 Å². The molecule has 0 aliphatic rings. The van der Waals surface area contributed by atoms with E-state index in [9.17, 15) is 9.59 Å². The van der Waals surface area contributed by atoms with Gasteiger partial charge in [-0.05, 0) is 51.0 Å². The Morgan fingerprint density at radius 1 is 1.34 bits per heavy atom. The van der Waals surface area contributed by atoms with Crippen LogP contribution in [0.4, 0.5) is 5.69 Å². The van der Waals surface area contributed by atoms with Gasteiger partial charge in [0.25, 0.3) is 5.56 Å². The molecule has 3 aromatic rings. The van der Waals surface area contributed by atoms with Crippen molar-refractivity contribution in [2.24, 2.45) is 0 Å². The monoisotopic (exact) mass is 495 g/mol. The second-order valence-corrected chi connectivity index (χ2v) is 9.60. The van der Waals surface area contributed by atoms with Crippen LogP contribution in [0.5, 0.6) is 5.75 Å². The SMILES string of the molecule is CCOCCCn1c(SCC(=O)Nc2ccc(OC)c(Cl)c2)nc2sc(C)c(C)c2c1=O. The Morgan fingerprint density at radius 3 is 2.81 bits per heavy atom. The first-order chi connectivity index (χ1) is 15.3. The molecule has 0 atom stereocenters. The molecule has 0 aliphatic carbocycles. The van der Waals surface area contributed by atoms with Crippen LogP contribution in [0.25, 0.3) is 10.2 Å². The maximum atomic E-state index is 13.2. The summed E-state index contributed by atoms with van der Waals surface area (Å²) in [5.74, 6) is 0.426. The third-order valence-electron chi connectivity index (χ3n) is 4.90.